The zero-order valence-corrected chi connectivity index (χ0v) is 11.6. The summed E-state index contributed by atoms with van der Waals surface area (Å²) in [4.78, 5) is 11.3. The zero-order chi connectivity index (χ0) is 12.7. The third-order valence-electron chi connectivity index (χ3n) is 2.98. The van der Waals surface area contributed by atoms with Gasteiger partial charge in [-0.3, -0.25) is 0 Å². The van der Waals surface area contributed by atoms with Gasteiger partial charge in [0.05, 0.1) is 5.69 Å². The highest BCUT2D eigenvalue weighted by Crippen LogP contribution is 2.32. The summed E-state index contributed by atoms with van der Waals surface area (Å²) in [5.74, 6) is 0.732. The maximum atomic E-state index is 11.3. The fourth-order valence-electron chi connectivity index (χ4n) is 2.17. The predicted molar refractivity (Wildman–Crippen MR) is 77.6 cm³/mol. The molecular weight excluding hydrogens is 343 g/mol. The van der Waals surface area contributed by atoms with Gasteiger partial charge in [0.15, 0.2) is 0 Å². The highest BCUT2D eigenvalue weighted by Gasteiger charge is 2.24. The van der Waals surface area contributed by atoms with Crippen molar-refractivity contribution < 1.29 is 4.79 Å². The van der Waals surface area contributed by atoms with Crippen LogP contribution in [0.2, 0.25) is 0 Å². The molecule has 0 spiro atoms. The van der Waals surface area contributed by atoms with Gasteiger partial charge in [-0.05, 0) is 41.1 Å². The van der Waals surface area contributed by atoms with Crippen molar-refractivity contribution in [1.29, 1.82) is 0 Å². The van der Waals surface area contributed by atoms with Crippen LogP contribution in [-0.4, -0.2) is 22.4 Å². The number of benzene rings is 1. The number of nitrogens with one attached hydrogen (secondary N) is 1. The Balaban J connectivity index is 2.15. The number of nitrogens with two attached hydrogens (primary N) is 1. The van der Waals surface area contributed by atoms with Crippen LogP contribution in [0.5, 0.6) is 0 Å². The van der Waals surface area contributed by atoms with Gasteiger partial charge >= 0.3 is 6.03 Å². The van der Waals surface area contributed by atoms with Crippen LogP contribution in [-0.2, 0) is 6.42 Å². The molecule has 6 heteroatoms. The Morgan fingerprint density at radius 1 is 1.39 bits per heavy atom. The molecule has 18 heavy (non-hydrogen) atoms. The maximum Gasteiger partial charge on any atom is 0.341 e. The summed E-state index contributed by atoms with van der Waals surface area (Å²) in [5, 5.41) is 7.46. The molecule has 1 aliphatic heterocycles. The number of anilines is 1. The number of nitrogens with zero attached hydrogens (tertiary/aromatic N) is 2. The minimum Gasteiger partial charge on any atom is -0.369 e. The van der Waals surface area contributed by atoms with E-state index in [4.69, 9.17) is 5.73 Å². The van der Waals surface area contributed by atoms with Gasteiger partial charge in [-0.25, -0.2) is 4.79 Å². The van der Waals surface area contributed by atoms with Crippen molar-refractivity contribution in [2.75, 3.05) is 11.9 Å². The standard InChI is InChI=1S/C12H11IN4O/c13-8-3-1-7(2-4-8)10-9-5-6-15-11(9)17(16-10)12(14)18/h1-4,15H,5-6H2,(H2,14,18). The van der Waals surface area contributed by atoms with Crippen LogP contribution in [0.25, 0.3) is 11.3 Å². The minimum atomic E-state index is -0.558. The molecule has 0 bridgehead atoms. The lowest BCUT2D eigenvalue weighted by Gasteiger charge is -2.00. The van der Waals surface area contributed by atoms with E-state index in [2.05, 4.69) is 33.0 Å². The molecule has 0 fully saturated rings. The van der Waals surface area contributed by atoms with Crippen LogP contribution in [0.1, 0.15) is 5.56 Å². The lowest BCUT2D eigenvalue weighted by atomic mass is 10.1. The number of halogens is 1. The second kappa shape index (κ2) is 4.27. The van der Waals surface area contributed by atoms with Gasteiger partial charge in [0.1, 0.15) is 5.82 Å². The summed E-state index contributed by atoms with van der Waals surface area (Å²) < 4.78 is 2.41. The average molecular weight is 354 g/mol. The van der Waals surface area contributed by atoms with Crippen molar-refractivity contribution in [2.24, 2.45) is 5.73 Å². The second-order valence-corrected chi connectivity index (χ2v) is 5.36. The number of carbonyl (C=O) groups excluding carboxylic acids is 1. The SMILES string of the molecule is NC(=O)n1nc(-c2ccc(I)cc2)c2c1NCC2. The van der Waals surface area contributed by atoms with Crippen molar-refractivity contribution in [1.82, 2.24) is 9.78 Å². The van der Waals surface area contributed by atoms with Crippen LogP contribution in [0, 0.1) is 3.57 Å². The van der Waals surface area contributed by atoms with E-state index < -0.39 is 6.03 Å². The van der Waals surface area contributed by atoms with Gasteiger partial charge in [-0.2, -0.15) is 9.78 Å². The smallest absolute Gasteiger partial charge is 0.341 e. The monoisotopic (exact) mass is 354 g/mol. The molecule has 0 saturated heterocycles. The van der Waals surface area contributed by atoms with Crippen LogP contribution in [0.15, 0.2) is 24.3 Å². The molecule has 3 rings (SSSR count). The van der Waals surface area contributed by atoms with E-state index in [0.717, 1.165) is 35.6 Å². The van der Waals surface area contributed by atoms with Gasteiger partial charge in [0.25, 0.3) is 0 Å². The fraction of sp³-hybridized carbons (Fsp3) is 0.167. The average Bonchev–Trinajstić information content (AvgIpc) is 2.91. The Morgan fingerprint density at radius 2 is 2.11 bits per heavy atom. The highest BCUT2D eigenvalue weighted by molar-refractivity contribution is 14.1. The van der Waals surface area contributed by atoms with E-state index in [1.807, 2.05) is 24.3 Å². The summed E-state index contributed by atoms with van der Waals surface area (Å²) in [6.07, 6.45) is 0.865. The van der Waals surface area contributed by atoms with E-state index >= 15 is 0 Å². The first-order valence-electron chi connectivity index (χ1n) is 5.58. The van der Waals surface area contributed by atoms with E-state index in [0.29, 0.717) is 0 Å². The van der Waals surface area contributed by atoms with Crippen LogP contribution >= 0.6 is 22.6 Å². The Morgan fingerprint density at radius 3 is 2.78 bits per heavy atom. The van der Waals surface area contributed by atoms with E-state index in [1.54, 1.807) is 0 Å². The van der Waals surface area contributed by atoms with E-state index in [1.165, 1.54) is 8.25 Å². The molecule has 92 valence electrons. The molecule has 1 aromatic heterocycles. The molecule has 2 aromatic rings. The lowest BCUT2D eigenvalue weighted by Crippen LogP contribution is -2.22. The zero-order valence-electron chi connectivity index (χ0n) is 9.48. The number of carbonyl (C=O) groups is 1. The van der Waals surface area contributed by atoms with E-state index in [-0.39, 0.29) is 0 Å². The molecule has 2 heterocycles. The molecule has 1 aliphatic rings. The first-order valence-corrected chi connectivity index (χ1v) is 6.66. The van der Waals surface area contributed by atoms with E-state index in [9.17, 15) is 4.79 Å². The molecule has 0 radical (unpaired) electrons. The predicted octanol–water partition coefficient (Wildman–Crippen LogP) is 2.05. The van der Waals surface area contributed by atoms with Crippen LogP contribution in [0.3, 0.4) is 0 Å². The first kappa shape index (κ1) is 11.5. The number of amides is 1. The van der Waals surface area contributed by atoms with Crippen molar-refractivity contribution in [3.63, 3.8) is 0 Å². The molecule has 5 nitrogen and oxygen atoms in total. The normalized spacial score (nSPS) is 13.2. The van der Waals surface area contributed by atoms with Crippen molar-refractivity contribution in [3.8, 4) is 11.3 Å². The molecule has 0 aliphatic carbocycles. The Bertz CT molecular complexity index is 618. The lowest BCUT2D eigenvalue weighted by molar-refractivity contribution is 0.248. The van der Waals surface area contributed by atoms with Gasteiger partial charge < -0.3 is 11.1 Å². The number of primary amides is 1. The van der Waals surface area contributed by atoms with Gasteiger partial charge in [-0.1, -0.05) is 12.1 Å². The maximum absolute atomic E-state index is 11.3. The van der Waals surface area contributed by atoms with Gasteiger partial charge in [0.2, 0.25) is 0 Å². The van der Waals surface area contributed by atoms with Crippen molar-refractivity contribution in [3.05, 3.63) is 33.4 Å². The summed E-state index contributed by atoms with van der Waals surface area (Å²) in [6, 6.07) is 7.50. The summed E-state index contributed by atoms with van der Waals surface area (Å²) >= 11 is 2.26. The first-order chi connectivity index (χ1) is 8.66. The molecule has 0 atom stereocenters. The fourth-order valence-corrected chi connectivity index (χ4v) is 2.53. The minimum absolute atomic E-state index is 0.558. The van der Waals surface area contributed by atoms with Crippen LogP contribution in [0.4, 0.5) is 10.6 Å². The molecule has 3 N–H and O–H groups in total. The molecule has 1 amide bonds. The van der Waals surface area contributed by atoms with Crippen molar-refractivity contribution in [2.45, 2.75) is 6.42 Å². The number of hydrogen-bond donors (Lipinski definition) is 2. The Hall–Kier alpha value is -1.57. The number of rotatable bonds is 1. The molecule has 0 saturated carbocycles. The van der Waals surface area contributed by atoms with Gasteiger partial charge in [-0.15, -0.1) is 0 Å². The second-order valence-electron chi connectivity index (χ2n) is 4.11. The molecule has 1 aromatic carbocycles. The third-order valence-corrected chi connectivity index (χ3v) is 3.70. The Kier molecular flexibility index (Phi) is 2.73. The van der Waals surface area contributed by atoms with Crippen molar-refractivity contribution >= 4 is 34.4 Å². The third kappa shape index (κ3) is 1.76. The quantitative estimate of drug-likeness (QED) is 0.770. The topological polar surface area (TPSA) is 72.9 Å². The molecular formula is C12H11IN4O. The number of fused-ring (bicyclic) bond motifs is 1. The molecule has 0 unspecified atom stereocenters. The summed E-state index contributed by atoms with van der Waals surface area (Å²) in [5.41, 5.74) is 8.24. The summed E-state index contributed by atoms with van der Waals surface area (Å²) in [6.45, 7) is 0.817. The highest BCUT2D eigenvalue weighted by atomic mass is 127. The van der Waals surface area contributed by atoms with Gasteiger partial charge in [0, 0.05) is 21.2 Å². The summed E-state index contributed by atoms with van der Waals surface area (Å²) in [7, 11) is 0. The largest absolute Gasteiger partial charge is 0.369 e. The van der Waals surface area contributed by atoms with Crippen LogP contribution < -0.4 is 11.1 Å². The number of hydrogen-bond acceptors (Lipinski definition) is 3. The number of aromatic nitrogens is 2. The Labute approximate surface area is 117 Å².